The molecule has 29 heavy (non-hydrogen) atoms. The lowest BCUT2D eigenvalue weighted by molar-refractivity contribution is -0.149. The zero-order valence-corrected chi connectivity index (χ0v) is 18.3. The number of carbonyl (C=O) groups excluding carboxylic acids is 1. The van der Waals surface area contributed by atoms with E-state index in [4.69, 9.17) is 9.15 Å². The van der Waals surface area contributed by atoms with Gasteiger partial charge in [0.1, 0.15) is 27.4 Å². The second-order valence-corrected chi connectivity index (χ2v) is 8.11. The number of halogens is 1. The summed E-state index contributed by atoms with van der Waals surface area (Å²) >= 11 is 3.44. The van der Waals surface area contributed by atoms with Gasteiger partial charge >= 0.3 is 5.97 Å². The van der Waals surface area contributed by atoms with Crippen molar-refractivity contribution < 1.29 is 13.9 Å². The Morgan fingerprint density at radius 3 is 2.48 bits per heavy atom. The molecule has 0 unspecified atom stereocenters. The Morgan fingerprint density at radius 1 is 1.14 bits per heavy atom. The number of nitrogens with one attached hydrogen (secondary N) is 1. The first-order valence-corrected chi connectivity index (χ1v) is 9.87. The van der Waals surface area contributed by atoms with Crippen LogP contribution in [0, 0.1) is 6.92 Å². The number of aromatic nitrogens is 2. The first-order chi connectivity index (χ1) is 13.7. The number of carbonyl (C=O) groups is 1. The van der Waals surface area contributed by atoms with Gasteiger partial charge in [-0.05, 0) is 55.8 Å². The molecule has 0 aliphatic rings. The van der Waals surface area contributed by atoms with E-state index >= 15 is 0 Å². The van der Waals surface area contributed by atoms with E-state index in [2.05, 4.69) is 31.2 Å². The fourth-order valence-corrected chi connectivity index (χ4v) is 2.77. The highest BCUT2D eigenvalue weighted by Crippen LogP contribution is 2.29. The van der Waals surface area contributed by atoms with E-state index in [0.29, 0.717) is 27.6 Å². The average Bonchev–Trinajstić information content (AvgIpc) is 3.16. The number of esters is 1. The molecule has 0 amide bonds. The molecule has 0 radical (unpaired) electrons. The summed E-state index contributed by atoms with van der Waals surface area (Å²) in [5.41, 5.74) is 1.71. The number of benzene rings is 1. The molecule has 0 atom stereocenters. The minimum Gasteiger partial charge on any atom is -0.465 e. The number of hydrogen-bond acceptors (Lipinski definition) is 6. The number of nitrogens with zero attached hydrogens (tertiary/aromatic N) is 2. The van der Waals surface area contributed by atoms with Crippen molar-refractivity contribution in [1.82, 2.24) is 9.97 Å². The fraction of sp³-hybridized carbons (Fsp3) is 0.227. The molecule has 6 nitrogen and oxygen atoms in total. The van der Waals surface area contributed by atoms with Gasteiger partial charge in [-0.15, -0.1) is 0 Å². The van der Waals surface area contributed by atoms with Gasteiger partial charge in [0.2, 0.25) is 0 Å². The Balaban J connectivity index is 2.06. The molecule has 0 saturated carbocycles. The van der Waals surface area contributed by atoms with Crippen LogP contribution in [0.25, 0.3) is 17.3 Å². The normalized spacial score (nSPS) is 12.0. The fourth-order valence-electron chi connectivity index (χ4n) is 2.51. The predicted molar refractivity (Wildman–Crippen MR) is 116 cm³/mol. The molecule has 0 fully saturated rings. The topological polar surface area (TPSA) is 77.2 Å². The lowest BCUT2D eigenvalue weighted by atomic mass is 10.1. The van der Waals surface area contributed by atoms with Crippen LogP contribution >= 0.6 is 15.9 Å². The Kier molecular flexibility index (Phi) is 6.17. The third-order valence-corrected chi connectivity index (χ3v) is 4.51. The molecule has 3 aromatic rings. The van der Waals surface area contributed by atoms with Crippen LogP contribution < -0.4 is 5.32 Å². The smallest absolute Gasteiger partial charge is 0.355 e. The Bertz CT molecular complexity index is 1020. The van der Waals surface area contributed by atoms with Gasteiger partial charge in [-0.3, -0.25) is 0 Å². The van der Waals surface area contributed by atoms with Crippen molar-refractivity contribution in [3.63, 3.8) is 0 Å². The van der Waals surface area contributed by atoms with Crippen molar-refractivity contribution >= 4 is 33.8 Å². The molecule has 1 aromatic carbocycles. The molecule has 150 valence electrons. The van der Waals surface area contributed by atoms with Crippen LogP contribution in [0.15, 0.2) is 63.4 Å². The highest BCUT2D eigenvalue weighted by molar-refractivity contribution is 9.10. The first kappa shape index (κ1) is 20.8. The van der Waals surface area contributed by atoms with E-state index in [1.54, 1.807) is 18.2 Å². The molecule has 3 rings (SSSR count). The van der Waals surface area contributed by atoms with E-state index < -0.39 is 11.6 Å². The van der Waals surface area contributed by atoms with Gasteiger partial charge in [0.25, 0.3) is 0 Å². The summed E-state index contributed by atoms with van der Waals surface area (Å²) in [5, 5.41) is 3.11. The van der Waals surface area contributed by atoms with Gasteiger partial charge in [-0.1, -0.05) is 30.3 Å². The van der Waals surface area contributed by atoms with Gasteiger partial charge in [0.05, 0.1) is 12.0 Å². The maximum atomic E-state index is 12.8. The Morgan fingerprint density at radius 2 is 1.86 bits per heavy atom. The van der Waals surface area contributed by atoms with Crippen molar-refractivity contribution in [2.45, 2.75) is 33.3 Å². The molecule has 0 aliphatic carbocycles. The molecule has 1 N–H and O–H groups in total. The molecule has 2 heterocycles. The summed E-state index contributed by atoms with van der Waals surface area (Å²) in [5.74, 6) is 0.442. The summed E-state index contributed by atoms with van der Waals surface area (Å²) in [4.78, 5) is 22.1. The van der Waals surface area contributed by atoms with E-state index in [9.17, 15) is 4.79 Å². The largest absolute Gasteiger partial charge is 0.465 e. The molecule has 0 bridgehead atoms. The van der Waals surface area contributed by atoms with Crippen molar-refractivity contribution in [2.24, 2.45) is 0 Å². The van der Waals surface area contributed by atoms with E-state index in [-0.39, 0.29) is 5.70 Å². The maximum absolute atomic E-state index is 12.8. The highest BCUT2D eigenvalue weighted by atomic mass is 79.9. The van der Waals surface area contributed by atoms with Gasteiger partial charge in [0.15, 0.2) is 5.82 Å². The second-order valence-electron chi connectivity index (χ2n) is 7.36. The van der Waals surface area contributed by atoms with Crippen molar-refractivity contribution in [2.75, 3.05) is 5.32 Å². The van der Waals surface area contributed by atoms with Gasteiger partial charge in [-0.25, -0.2) is 14.8 Å². The molecular weight excluding hydrogens is 434 g/mol. The summed E-state index contributed by atoms with van der Waals surface area (Å²) in [7, 11) is 0. The lowest BCUT2D eigenvalue weighted by Gasteiger charge is -2.21. The number of hydrogen-bond donors (Lipinski definition) is 1. The first-order valence-electron chi connectivity index (χ1n) is 9.08. The third-order valence-electron chi connectivity index (χ3n) is 3.76. The third kappa shape index (κ3) is 5.54. The Labute approximate surface area is 178 Å². The van der Waals surface area contributed by atoms with Crippen molar-refractivity contribution in [3.05, 3.63) is 70.5 Å². The minimum atomic E-state index is -0.648. The SMILES string of the molecule is Cc1nc(NC(=Cc2ccco2)C(=O)OC(C)(C)C)c(-c2ccccc2)nc1Br. The number of aryl methyl sites for hydroxylation is 1. The van der Waals surface area contributed by atoms with Crippen molar-refractivity contribution in [1.29, 1.82) is 0 Å². The molecular formula is C22H22BrN3O3. The second kappa shape index (κ2) is 8.61. The number of rotatable bonds is 5. The van der Waals surface area contributed by atoms with Crippen molar-refractivity contribution in [3.8, 4) is 11.3 Å². The lowest BCUT2D eigenvalue weighted by Crippen LogP contribution is -2.27. The number of furan rings is 1. The zero-order valence-electron chi connectivity index (χ0n) is 16.7. The minimum absolute atomic E-state index is 0.197. The number of ether oxygens (including phenoxy) is 1. The summed E-state index contributed by atoms with van der Waals surface area (Å²) < 4.78 is 11.6. The van der Waals surface area contributed by atoms with Crippen LogP contribution in [0.3, 0.4) is 0 Å². The Hall–Kier alpha value is -2.93. The van der Waals surface area contributed by atoms with Crippen LogP contribution in [0.5, 0.6) is 0 Å². The van der Waals surface area contributed by atoms with Gasteiger partial charge < -0.3 is 14.5 Å². The van der Waals surface area contributed by atoms with Crippen LogP contribution in [-0.2, 0) is 9.53 Å². The summed E-state index contributed by atoms with van der Waals surface area (Å²) in [6.07, 6.45) is 3.12. The molecule has 2 aromatic heterocycles. The van der Waals surface area contributed by atoms with Crippen LogP contribution in [0.1, 0.15) is 32.2 Å². The molecule has 0 aliphatic heterocycles. The quantitative estimate of drug-likeness (QED) is 0.398. The van der Waals surface area contributed by atoms with Crippen LogP contribution in [-0.4, -0.2) is 21.5 Å². The zero-order chi connectivity index (χ0) is 21.0. The van der Waals surface area contributed by atoms with Crippen LogP contribution in [0.2, 0.25) is 0 Å². The van der Waals surface area contributed by atoms with Crippen LogP contribution in [0.4, 0.5) is 5.82 Å². The maximum Gasteiger partial charge on any atom is 0.355 e. The highest BCUT2D eigenvalue weighted by Gasteiger charge is 2.23. The predicted octanol–water partition coefficient (Wildman–Crippen LogP) is 5.60. The van der Waals surface area contributed by atoms with E-state index in [1.807, 2.05) is 58.0 Å². The standard InChI is InChI=1S/C22H22BrN3O3/c1-14-19(23)26-18(15-9-6-5-7-10-15)20(24-14)25-17(13-16-11-8-12-28-16)21(27)29-22(2,3)4/h5-13H,1-4H3,(H,24,25). The summed E-state index contributed by atoms with van der Waals surface area (Å²) in [6.45, 7) is 7.28. The molecule has 7 heteroatoms. The molecule has 0 saturated heterocycles. The average molecular weight is 456 g/mol. The summed E-state index contributed by atoms with van der Waals surface area (Å²) in [6, 6.07) is 13.1. The van der Waals surface area contributed by atoms with E-state index in [0.717, 1.165) is 5.56 Å². The number of anilines is 1. The van der Waals surface area contributed by atoms with Gasteiger partial charge in [-0.2, -0.15) is 0 Å². The monoisotopic (exact) mass is 455 g/mol. The van der Waals surface area contributed by atoms with E-state index in [1.165, 1.54) is 6.26 Å². The molecule has 0 spiro atoms. The van der Waals surface area contributed by atoms with Gasteiger partial charge in [0, 0.05) is 11.6 Å².